The number of alkyl halides is 3. The van der Waals surface area contributed by atoms with Crippen LogP contribution in [-0.2, 0) is 12.6 Å². The predicted molar refractivity (Wildman–Crippen MR) is 95.7 cm³/mol. The van der Waals surface area contributed by atoms with Crippen LogP contribution < -0.4 is 0 Å². The maximum Gasteiger partial charge on any atom is 0.433 e. The Balaban J connectivity index is 2.11. The summed E-state index contributed by atoms with van der Waals surface area (Å²) in [5, 5.41) is 19.3. The van der Waals surface area contributed by atoms with Crippen LogP contribution in [0.2, 0.25) is 0 Å². The standard InChI is InChI=1S/C19H17F3N6/c1-11(2)3-4-12-7-13(17-15(10-23)26-28-27-17)9-14(8-12)18-24-6-5-16(25-18)19(20,21)22/h5-9,11H,3-4H2,1-2H3,(H,26,27,28). The number of aromatic amines is 1. The molecule has 0 saturated heterocycles. The van der Waals surface area contributed by atoms with E-state index < -0.39 is 11.9 Å². The zero-order valence-corrected chi connectivity index (χ0v) is 15.2. The Hall–Kier alpha value is -3.28. The van der Waals surface area contributed by atoms with Crippen molar-refractivity contribution in [1.29, 1.82) is 5.26 Å². The summed E-state index contributed by atoms with van der Waals surface area (Å²) in [6, 6.07) is 8.05. The average Bonchev–Trinajstić information content (AvgIpc) is 3.14. The SMILES string of the molecule is CC(C)CCc1cc(-c2nccc(C(F)(F)F)n2)cc(-c2nn[nH]c2C#N)c1. The molecule has 0 saturated carbocycles. The number of nitriles is 1. The van der Waals surface area contributed by atoms with Crippen molar-refractivity contribution in [2.75, 3.05) is 0 Å². The van der Waals surface area contributed by atoms with E-state index in [0.29, 0.717) is 22.7 Å². The van der Waals surface area contributed by atoms with Gasteiger partial charge in [0.25, 0.3) is 0 Å². The first-order valence-electron chi connectivity index (χ1n) is 8.64. The summed E-state index contributed by atoms with van der Waals surface area (Å²) < 4.78 is 39.1. The normalized spacial score (nSPS) is 11.6. The summed E-state index contributed by atoms with van der Waals surface area (Å²) in [5.74, 6) is 0.420. The van der Waals surface area contributed by atoms with E-state index in [1.165, 1.54) is 0 Å². The zero-order valence-electron chi connectivity index (χ0n) is 15.2. The van der Waals surface area contributed by atoms with E-state index in [0.717, 1.165) is 30.7 Å². The van der Waals surface area contributed by atoms with Crippen LogP contribution in [0.3, 0.4) is 0 Å². The lowest BCUT2D eigenvalue weighted by Gasteiger charge is -2.11. The number of hydrogen-bond acceptors (Lipinski definition) is 5. The molecule has 0 aliphatic rings. The molecule has 0 unspecified atom stereocenters. The van der Waals surface area contributed by atoms with E-state index in [9.17, 15) is 18.4 Å². The van der Waals surface area contributed by atoms with E-state index in [4.69, 9.17) is 0 Å². The minimum atomic E-state index is -4.56. The number of aryl methyl sites for hydroxylation is 1. The maximum atomic E-state index is 13.0. The van der Waals surface area contributed by atoms with E-state index in [-0.39, 0.29) is 11.5 Å². The van der Waals surface area contributed by atoms with Crippen LogP contribution in [0.4, 0.5) is 13.2 Å². The van der Waals surface area contributed by atoms with Crippen LogP contribution >= 0.6 is 0 Å². The third kappa shape index (κ3) is 4.34. The van der Waals surface area contributed by atoms with Gasteiger partial charge in [0, 0.05) is 17.3 Å². The van der Waals surface area contributed by atoms with Gasteiger partial charge in [-0.2, -0.15) is 18.4 Å². The van der Waals surface area contributed by atoms with Gasteiger partial charge in [-0.3, -0.25) is 0 Å². The fraction of sp³-hybridized carbons (Fsp3) is 0.316. The van der Waals surface area contributed by atoms with Crippen molar-refractivity contribution in [3.8, 4) is 28.7 Å². The molecule has 0 atom stereocenters. The molecule has 2 aromatic heterocycles. The summed E-state index contributed by atoms with van der Waals surface area (Å²) in [6.07, 6.45) is -1.86. The lowest BCUT2D eigenvalue weighted by atomic mass is 9.97. The molecular formula is C19H17F3N6. The predicted octanol–water partition coefficient (Wildman–Crippen LogP) is 4.41. The highest BCUT2D eigenvalue weighted by Gasteiger charge is 2.32. The molecular weight excluding hydrogens is 369 g/mol. The van der Waals surface area contributed by atoms with E-state index in [2.05, 4.69) is 39.2 Å². The molecule has 28 heavy (non-hydrogen) atoms. The number of rotatable bonds is 5. The molecule has 3 rings (SSSR count). The van der Waals surface area contributed by atoms with Gasteiger partial charge in [-0.05, 0) is 48.6 Å². The third-order valence-corrected chi connectivity index (χ3v) is 4.14. The number of hydrogen-bond donors (Lipinski definition) is 1. The van der Waals surface area contributed by atoms with Gasteiger partial charge in [0.05, 0.1) is 0 Å². The van der Waals surface area contributed by atoms with E-state index >= 15 is 0 Å². The summed E-state index contributed by atoms with van der Waals surface area (Å²) in [4.78, 5) is 7.68. The fourth-order valence-electron chi connectivity index (χ4n) is 2.72. The summed E-state index contributed by atoms with van der Waals surface area (Å²) >= 11 is 0. The second kappa shape index (κ2) is 7.76. The zero-order chi connectivity index (χ0) is 20.3. The molecule has 0 aliphatic carbocycles. The Bertz CT molecular complexity index is 1020. The Morgan fingerprint density at radius 2 is 1.93 bits per heavy atom. The van der Waals surface area contributed by atoms with Gasteiger partial charge >= 0.3 is 6.18 Å². The van der Waals surface area contributed by atoms with Crippen LogP contribution in [0.25, 0.3) is 22.6 Å². The first kappa shape index (κ1) is 19.5. The molecule has 0 radical (unpaired) electrons. The van der Waals surface area contributed by atoms with Gasteiger partial charge in [-0.25, -0.2) is 15.1 Å². The smallest absolute Gasteiger partial charge is 0.247 e. The van der Waals surface area contributed by atoms with Crippen LogP contribution in [0.15, 0.2) is 30.5 Å². The van der Waals surface area contributed by atoms with Crippen molar-refractivity contribution in [2.45, 2.75) is 32.9 Å². The fourth-order valence-corrected chi connectivity index (χ4v) is 2.72. The van der Waals surface area contributed by atoms with Crippen molar-refractivity contribution >= 4 is 0 Å². The number of aromatic nitrogens is 5. The van der Waals surface area contributed by atoms with Crippen LogP contribution in [0.5, 0.6) is 0 Å². The summed E-state index contributed by atoms with van der Waals surface area (Å²) in [5.41, 5.74) is 1.40. The Morgan fingerprint density at radius 1 is 1.18 bits per heavy atom. The second-order valence-electron chi connectivity index (χ2n) is 6.76. The molecule has 0 spiro atoms. The van der Waals surface area contributed by atoms with E-state index in [1.54, 1.807) is 12.1 Å². The first-order valence-corrected chi connectivity index (χ1v) is 8.64. The Kier molecular flexibility index (Phi) is 5.40. The Morgan fingerprint density at radius 3 is 2.61 bits per heavy atom. The number of H-pyrrole nitrogens is 1. The van der Waals surface area contributed by atoms with E-state index in [1.807, 2.05) is 12.1 Å². The van der Waals surface area contributed by atoms with Gasteiger partial charge in [0.1, 0.15) is 17.5 Å². The van der Waals surface area contributed by atoms with Gasteiger partial charge in [0.2, 0.25) is 0 Å². The van der Waals surface area contributed by atoms with Gasteiger partial charge in [0.15, 0.2) is 11.5 Å². The van der Waals surface area contributed by atoms with Crippen LogP contribution in [0.1, 0.15) is 37.2 Å². The molecule has 3 aromatic rings. The lowest BCUT2D eigenvalue weighted by Crippen LogP contribution is -2.09. The van der Waals surface area contributed by atoms with Crippen LogP contribution in [0, 0.1) is 17.2 Å². The molecule has 2 heterocycles. The van der Waals surface area contributed by atoms with Crippen molar-refractivity contribution in [3.05, 3.63) is 47.4 Å². The third-order valence-electron chi connectivity index (χ3n) is 4.14. The second-order valence-corrected chi connectivity index (χ2v) is 6.76. The summed E-state index contributed by atoms with van der Waals surface area (Å²) in [7, 11) is 0. The quantitative estimate of drug-likeness (QED) is 0.701. The number of halogens is 3. The van der Waals surface area contributed by atoms with Crippen molar-refractivity contribution < 1.29 is 13.2 Å². The van der Waals surface area contributed by atoms with Crippen molar-refractivity contribution in [3.63, 3.8) is 0 Å². The molecule has 0 fully saturated rings. The molecule has 0 amide bonds. The molecule has 1 N–H and O–H groups in total. The number of nitrogens with zero attached hydrogens (tertiary/aromatic N) is 5. The first-order chi connectivity index (χ1) is 13.3. The minimum Gasteiger partial charge on any atom is -0.247 e. The highest BCUT2D eigenvalue weighted by Crippen LogP contribution is 2.31. The molecule has 0 bridgehead atoms. The molecule has 1 aromatic carbocycles. The number of benzene rings is 1. The molecule has 0 aliphatic heterocycles. The van der Waals surface area contributed by atoms with Gasteiger partial charge in [-0.15, -0.1) is 5.10 Å². The largest absolute Gasteiger partial charge is 0.433 e. The minimum absolute atomic E-state index is 0.0375. The van der Waals surface area contributed by atoms with Gasteiger partial charge in [-0.1, -0.05) is 19.1 Å². The molecule has 144 valence electrons. The highest BCUT2D eigenvalue weighted by atomic mass is 19.4. The van der Waals surface area contributed by atoms with Crippen molar-refractivity contribution in [2.24, 2.45) is 5.92 Å². The van der Waals surface area contributed by atoms with Gasteiger partial charge < -0.3 is 0 Å². The lowest BCUT2D eigenvalue weighted by molar-refractivity contribution is -0.141. The molecule has 6 nitrogen and oxygen atoms in total. The number of nitrogens with one attached hydrogen (secondary N) is 1. The Labute approximate surface area is 159 Å². The highest BCUT2D eigenvalue weighted by molar-refractivity contribution is 5.71. The van der Waals surface area contributed by atoms with Crippen LogP contribution in [-0.4, -0.2) is 25.4 Å². The maximum absolute atomic E-state index is 13.0. The average molecular weight is 386 g/mol. The topological polar surface area (TPSA) is 91.1 Å². The monoisotopic (exact) mass is 386 g/mol. The van der Waals surface area contributed by atoms with Crippen molar-refractivity contribution in [1.82, 2.24) is 25.4 Å². The summed E-state index contributed by atoms with van der Waals surface area (Å²) in [6.45, 7) is 4.18. The molecule has 9 heteroatoms.